The molecular formula is C25H32F2IN5O2P2. The van der Waals surface area contributed by atoms with Crippen LogP contribution < -0.4 is 15.9 Å². The van der Waals surface area contributed by atoms with Crippen LogP contribution in [0.25, 0.3) is 11.2 Å². The van der Waals surface area contributed by atoms with Crippen LogP contribution in [0.4, 0.5) is 26.0 Å². The summed E-state index contributed by atoms with van der Waals surface area (Å²) in [6.45, 7) is 7.45. The fourth-order valence-corrected chi connectivity index (χ4v) is 7.33. The van der Waals surface area contributed by atoms with Crippen molar-refractivity contribution in [3.05, 3.63) is 35.7 Å². The van der Waals surface area contributed by atoms with E-state index in [1.54, 1.807) is 19.4 Å². The Hall–Kier alpha value is -1.64. The third-order valence-corrected chi connectivity index (χ3v) is 10.2. The van der Waals surface area contributed by atoms with E-state index < -0.39 is 13.6 Å². The Balaban J connectivity index is 0.00000156. The number of rotatable bonds is 8. The van der Waals surface area contributed by atoms with Gasteiger partial charge in [-0.3, -0.25) is 9.13 Å². The minimum atomic E-state index is -2.77. The van der Waals surface area contributed by atoms with Crippen LogP contribution in [-0.4, -0.2) is 33.5 Å². The first-order valence-corrected chi connectivity index (χ1v) is 19.2. The summed E-state index contributed by atoms with van der Waals surface area (Å²) in [6, 6.07) is 7.57. The average Bonchev–Trinajstić information content (AvgIpc) is 3.60. The predicted molar refractivity (Wildman–Crippen MR) is 158 cm³/mol. The van der Waals surface area contributed by atoms with Crippen molar-refractivity contribution in [3.63, 3.8) is 0 Å². The quantitative estimate of drug-likeness (QED) is 0.190. The van der Waals surface area contributed by atoms with Crippen LogP contribution in [0.2, 0.25) is 0 Å². The van der Waals surface area contributed by atoms with Crippen LogP contribution >= 0.6 is 35.6 Å². The first-order valence-electron chi connectivity index (χ1n) is 12.5. The molecule has 2 aliphatic carbocycles. The van der Waals surface area contributed by atoms with Crippen molar-refractivity contribution in [2.24, 2.45) is 5.92 Å². The highest BCUT2D eigenvalue weighted by molar-refractivity contribution is 14.2. The lowest BCUT2D eigenvalue weighted by Crippen LogP contribution is -2.16. The minimum absolute atomic E-state index is 0.0337. The van der Waals surface area contributed by atoms with Gasteiger partial charge in [-0.05, 0) is 84.7 Å². The SMILES string of the molecule is CC.CP(C)(=O)c1cc(C2CCC2)ccc1Nc1cc(NC(=O)C2CC2)nc2c1nc(C(F)F)n2PI. The van der Waals surface area contributed by atoms with Gasteiger partial charge in [0.2, 0.25) is 5.91 Å². The number of anilines is 3. The molecule has 1 unspecified atom stereocenters. The Morgan fingerprint density at radius 3 is 2.38 bits per heavy atom. The Bertz CT molecular complexity index is 1350. The van der Waals surface area contributed by atoms with Gasteiger partial charge in [0.05, 0.1) is 12.1 Å². The molecule has 0 radical (unpaired) electrons. The second-order valence-electron chi connectivity index (χ2n) is 9.56. The number of fused-ring (bicyclic) bond motifs is 1. The van der Waals surface area contributed by atoms with Crippen LogP contribution in [0, 0.1) is 5.92 Å². The van der Waals surface area contributed by atoms with Gasteiger partial charge >= 0.3 is 0 Å². The van der Waals surface area contributed by atoms with Crippen LogP contribution in [-0.2, 0) is 9.36 Å². The molecule has 2 aromatic heterocycles. The summed E-state index contributed by atoms with van der Waals surface area (Å²) in [7, 11) is -2.66. The maximum atomic E-state index is 13.8. The monoisotopic (exact) mass is 661 g/mol. The van der Waals surface area contributed by atoms with Crippen LogP contribution in [0.3, 0.4) is 0 Å². The molecule has 37 heavy (non-hydrogen) atoms. The van der Waals surface area contributed by atoms with E-state index in [9.17, 15) is 18.1 Å². The number of carbonyl (C=O) groups is 1. The molecule has 12 heteroatoms. The molecule has 3 aromatic rings. The van der Waals surface area contributed by atoms with E-state index >= 15 is 0 Å². The van der Waals surface area contributed by atoms with Gasteiger partial charge in [0.25, 0.3) is 6.43 Å². The zero-order valence-corrected chi connectivity index (χ0v) is 25.4. The molecule has 2 fully saturated rings. The Morgan fingerprint density at radius 2 is 1.84 bits per heavy atom. The number of carbonyl (C=O) groups excluding carboxylic acids is 1. The number of pyridine rings is 1. The number of nitrogens with zero attached hydrogens (tertiary/aromatic N) is 3. The van der Waals surface area contributed by atoms with E-state index in [1.165, 1.54) is 16.3 Å². The van der Waals surface area contributed by atoms with Gasteiger partial charge < -0.3 is 15.2 Å². The van der Waals surface area contributed by atoms with Crippen molar-refractivity contribution < 1.29 is 18.1 Å². The van der Waals surface area contributed by atoms with Gasteiger partial charge in [-0.15, -0.1) is 0 Å². The van der Waals surface area contributed by atoms with Crippen molar-refractivity contribution in [2.75, 3.05) is 24.0 Å². The number of amides is 1. The van der Waals surface area contributed by atoms with Gasteiger partial charge in [-0.1, -0.05) is 26.3 Å². The zero-order chi connectivity index (χ0) is 26.9. The third-order valence-electron chi connectivity index (χ3n) is 6.57. The molecule has 7 nitrogen and oxygen atoms in total. The lowest BCUT2D eigenvalue weighted by atomic mass is 9.80. The topological polar surface area (TPSA) is 88.9 Å². The molecule has 0 bridgehead atoms. The molecule has 2 heterocycles. The lowest BCUT2D eigenvalue weighted by molar-refractivity contribution is -0.117. The van der Waals surface area contributed by atoms with Gasteiger partial charge in [0.15, 0.2) is 11.5 Å². The van der Waals surface area contributed by atoms with Crippen LogP contribution in [0.15, 0.2) is 24.3 Å². The van der Waals surface area contributed by atoms with Crippen molar-refractivity contribution in [3.8, 4) is 0 Å². The van der Waals surface area contributed by atoms with Gasteiger partial charge in [-0.25, -0.2) is 18.7 Å². The number of hydrogen-bond donors (Lipinski definition) is 2. The Labute approximate surface area is 230 Å². The third kappa shape index (κ3) is 6.17. The van der Waals surface area contributed by atoms with Gasteiger partial charge in [-0.2, -0.15) is 0 Å². The molecule has 0 saturated heterocycles. The number of nitrogens with one attached hydrogen (secondary N) is 2. The van der Waals surface area contributed by atoms with Crippen LogP contribution in [0.1, 0.15) is 69.7 Å². The molecule has 1 atom stereocenters. The number of hydrogen-bond acceptors (Lipinski definition) is 5. The first kappa shape index (κ1) is 28.4. The molecule has 1 aromatic carbocycles. The van der Waals surface area contributed by atoms with E-state index in [0.29, 0.717) is 22.6 Å². The van der Waals surface area contributed by atoms with E-state index in [0.717, 1.165) is 25.7 Å². The number of alkyl halides is 2. The number of benzene rings is 1. The average molecular weight is 661 g/mol. The summed E-state index contributed by atoms with van der Waals surface area (Å²) < 4.78 is 42.2. The highest BCUT2D eigenvalue weighted by atomic mass is 127. The summed E-state index contributed by atoms with van der Waals surface area (Å²) in [6.07, 6.45) is 2.31. The van der Waals surface area contributed by atoms with Crippen molar-refractivity contribution in [2.45, 2.75) is 58.3 Å². The molecule has 0 aliphatic heterocycles. The van der Waals surface area contributed by atoms with Crippen molar-refractivity contribution in [1.29, 1.82) is 0 Å². The highest BCUT2D eigenvalue weighted by Crippen LogP contribution is 2.44. The molecule has 2 N–H and O–H groups in total. The Morgan fingerprint density at radius 1 is 1.14 bits per heavy atom. The molecule has 2 saturated carbocycles. The summed E-state index contributed by atoms with van der Waals surface area (Å²) in [5, 5.41) is 6.83. The number of aromatic nitrogens is 3. The maximum Gasteiger partial charge on any atom is 0.295 e. The molecule has 5 rings (SSSR count). The molecule has 200 valence electrons. The second-order valence-corrected chi connectivity index (χ2v) is 14.8. The molecule has 0 spiro atoms. The largest absolute Gasteiger partial charge is 0.353 e. The van der Waals surface area contributed by atoms with Gasteiger partial charge in [0.1, 0.15) is 18.5 Å². The molecule has 2 aliphatic rings. The van der Waals surface area contributed by atoms with Crippen molar-refractivity contribution >= 4 is 75.1 Å². The maximum absolute atomic E-state index is 13.8. The van der Waals surface area contributed by atoms with Crippen LogP contribution in [0.5, 0.6) is 0 Å². The minimum Gasteiger partial charge on any atom is -0.353 e. The molecule has 1 amide bonds. The van der Waals surface area contributed by atoms with Crippen molar-refractivity contribution in [1.82, 2.24) is 14.3 Å². The second kappa shape index (κ2) is 11.6. The Kier molecular flexibility index (Phi) is 8.91. The van der Waals surface area contributed by atoms with E-state index in [4.69, 9.17) is 0 Å². The summed E-state index contributed by atoms with van der Waals surface area (Å²) >= 11 is 2.02. The first-order chi connectivity index (χ1) is 17.7. The highest BCUT2D eigenvalue weighted by Gasteiger charge is 2.31. The number of halogens is 3. The van der Waals surface area contributed by atoms with Gasteiger partial charge in [0, 0.05) is 23.0 Å². The normalized spacial score (nSPS) is 16.1. The number of imidazole rings is 1. The fourth-order valence-electron chi connectivity index (χ4n) is 4.27. The fraction of sp³-hybridized carbons (Fsp3) is 0.480. The standard InChI is InChI=1S/C23H26F2IN5O2P2.C2H6/c1-35(2,33)17-10-14(12-4-3-5-12)8-9-15(17)27-16-11-18(29-23(32)13-6-7-13)28-21-19(16)30-22(20(24)25)31(21)34-26;1-2/h8-13,20,34H,3-7H2,1-2H3,(H2,27,28,29,32);1-2H3. The smallest absolute Gasteiger partial charge is 0.295 e. The lowest BCUT2D eigenvalue weighted by Gasteiger charge is -2.27. The summed E-state index contributed by atoms with van der Waals surface area (Å²) in [4.78, 5) is 21.1. The summed E-state index contributed by atoms with van der Waals surface area (Å²) in [5.41, 5.74) is 2.80. The van der Waals surface area contributed by atoms with E-state index in [2.05, 4.69) is 20.6 Å². The molecular weight excluding hydrogens is 629 g/mol. The van der Waals surface area contributed by atoms with E-state index in [-0.39, 0.29) is 41.0 Å². The predicted octanol–water partition coefficient (Wildman–Crippen LogP) is 7.79. The zero-order valence-electron chi connectivity index (χ0n) is 21.3. The summed E-state index contributed by atoms with van der Waals surface area (Å²) in [5.74, 6) is 0.231. The van der Waals surface area contributed by atoms with E-state index in [1.807, 2.05) is 54.1 Å².